The number of hydrogen-bond donors (Lipinski definition) is 0. The van der Waals surface area contributed by atoms with E-state index in [4.69, 9.17) is 0 Å². The van der Waals surface area contributed by atoms with Crippen molar-refractivity contribution in [1.29, 1.82) is 0 Å². The van der Waals surface area contributed by atoms with Gasteiger partial charge in [-0.1, -0.05) is 36.4 Å². The quantitative estimate of drug-likeness (QED) is 0.543. The van der Waals surface area contributed by atoms with Crippen molar-refractivity contribution in [3.05, 3.63) is 78.9 Å². The van der Waals surface area contributed by atoms with Crippen molar-refractivity contribution in [2.24, 2.45) is 0 Å². The molecule has 5 rings (SSSR count). The Kier molecular flexibility index (Phi) is 4.40. The maximum atomic E-state index is 13.1. The molecule has 2 aromatic heterocycles. The van der Waals surface area contributed by atoms with Crippen LogP contribution in [0.3, 0.4) is 0 Å². The summed E-state index contributed by atoms with van der Waals surface area (Å²) in [6.45, 7) is 2.78. The van der Waals surface area contributed by atoms with Gasteiger partial charge >= 0.3 is 0 Å². The van der Waals surface area contributed by atoms with Crippen LogP contribution in [0.2, 0.25) is 0 Å². The fraction of sp³-hybridized carbons (Fsp3) is 0.182. The van der Waals surface area contributed by atoms with Crippen LogP contribution in [0.15, 0.2) is 73.3 Å². The molecule has 0 bridgehead atoms. The summed E-state index contributed by atoms with van der Waals surface area (Å²) in [4.78, 5) is 21.2. The lowest BCUT2D eigenvalue weighted by atomic mass is 10.0. The highest BCUT2D eigenvalue weighted by Gasteiger charge is 2.24. The molecule has 1 saturated heterocycles. The SMILES string of the molecule is O=C(c1cccc2ccccc12)N1CCN(c2ccc(-n3ccnc3)nn2)CC1. The molecule has 0 radical (unpaired) electrons. The molecule has 1 fully saturated rings. The van der Waals surface area contributed by atoms with Gasteiger partial charge in [-0.25, -0.2) is 4.98 Å². The average Bonchev–Trinajstić information content (AvgIpc) is 3.33. The molecule has 3 heterocycles. The number of nitrogens with zero attached hydrogens (tertiary/aromatic N) is 6. The van der Waals surface area contributed by atoms with Crippen LogP contribution in [-0.2, 0) is 0 Å². The lowest BCUT2D eigenvalue weighted by molar-refractivity contribution is 0.0748. The first-order valence-electron chi connectivity index (χ1n) is 9.64. The number of imidazole rings is 1. The van der Waals surface area contributed by atoms with E-state index < -0.39 is 0 Å². The van der Waals surface area contributed by atoms with Gasteiger partial charge in [-0.05, 0) is 29.0 Å². The molecule has 0 N–H and O–H groups in total. The molecule has 1 aliphatic rings. The predicted molar refractivity (Wildman–Crippen MR) is 111 cm³/mol. The summed E-state index contributed by atoms with van der Waals surface area (Å²) in [5.74, 6) is 1.64. The molecule has 0 unspecified atom stereocenters. The highest BCUT2D eigenvalue weighted by Crippen LogP contribution is 2.21. The smallest absolute Gasteiger partial charge is 0.254 e. The number of hydrogen-bond acceptors (Lipinski definition) is 5. The lowest BCUT2D eigenvalue weighted by Gasteiger charge is -2.35. The van der Waals surface area contributed by atoms with Gasteiger partial charge in [0.15, 0.2) is 11.6 Å². The van der Waals surface area contributed by atoms with Crippen molar-refractivity contribution < 1.29 is 4.79 Å². The zero-order chi connectivity index (χ0) is 19.6. The van der Waals surface area contributed by atoms with E-state index in [1.165, 1.54) is 0 Å². The highest BCUT2D eigenvalue weighted by molar-refractivity contribution is 6.07. The number of carbonyl (C=O) groups excluding carboxylic acids is 1. The van der Waals surface area contributed by atoms with Gasteiger partial charge in [0.1, 0.15) is 6.33 Å². The first-order valence-corrected chi connectivity index (χ1v) is 9.64. The van der Waals surface area contributed by atoms with Crippen LogP contribution >= 0.6 is 0 Å². The van der Waals surface area contributed by atoms with Crippen molar-refractivity contribution in [2.45, 2.75) is 0 Å². The minimum Gasteiger partial charge on any atom is -0.352 e. The Morgan fingerprint density at radius 2 is 1.59 bits per heavy atom. The van der Waals surface area contributed by atoms with E-state index in [-0.39, 0.29) is 5.91 Å². The Bertz CT molecular complexity index is 1130. The van der Waals surface area contributed by atoms with Gasteiger partial charge in [0.05, 0.1) is 0 Å². The molecule has 0 atom stereocenters. The third-order valence-electron chi connectivity index (χ3n) is 5.32. The van der Waals surface area contributed by atoms with Gasteiger partial charge in [0.25, 0.3) is 5.91 Å². The van der Waals surface area contributed by atoms with Gasteiger partial charge in [-0.15, -0.1) is 10.2 Å². The summed E-state index contributed by atoms with van der Waals surface area (Å²) in [5.41, 5.74) is 0.765. The second-order valence-electron chi connectivity index (χ2n) is 7.03. The van der Waals surface area contributed by atoms with Crippen LogP contribution in [0.4, 0.5) is 5.82 Å². The third kappa shape index (κ3) is 3.31. The molecule has 7 nitrogen and oxygen atoms in total. The number of amides is 1. The maximum absolute atomic E-state index is 13.1. The van der Waals surface area contributed by atoms with Gasteiger partial charge in [-0.3, -0.25) is 9.36 Å². The van der Waals surface area contributed by atoms with Crippen LogP contribution < -0.4 is 4.90 Å². The summed E-state index contributed by atoms with van der Waals surface area (Å²) in [5, 5.41) is 10.7. The van der Waals surface area contributed by atoms with Gasteiger partial charge in [-0.2, -0.15) is 0 Å². The zero-order valence-corrected chi connectivity index (χ0v) is 15.8. The molecule has 1 aliphatic heterocycles. The van der Waals surface area contributed by atoms with Crippen LogP contribution in [0, 0.1) is 0 Å². The topological polar surface area (TPSA) is 67.2 Å². The number of rotatable bonds is 3. The molecule has 144 valence electrons. The van der Waals surface area contributed by atoms with Crippen molar-refractivity contribution in [1.82, 2.24) is 24.6 Å². The number of carbonyl (C=O) groups is 1. The number of piperazine rings is 1. The zero-order valence-electron chi connectivity index (χ0n) is 15.8. The van der Waals surface area contributed by atoms with Gasteiger partial charge in [0, 0.05) is 44.1 Å². The number of fused-ring (bicyclic) bond motifs is 1. The average molecular weight is 384 g/mol. The summed E-state index contributed by atoms with van der Waals surface area (Å²) >= 11 is 0. The van der Waals surface area contributed by atoms with E-state index >= 15 is 0 Å². The summed E-state index contributed by atoms with van der Waals surface area (Å²) in [6.07, 6.45) is 5.24. The summed E-state index contributed by atoms with van der Waals surface area (Å²) < 4.78 is 1.82. The third-order valence-corrected chi connectivity index (χ3v) is 5.32. The van der Waals surface area contributed by atoms with Crippen molar-refractivity contribution >= 4 is 22.5 Å². The Hall–Kier alpha value is -3.74. The Labute approximate surface area is 168 Å². The van der Waals surface area contributed by atoms with Crippen LogP contribution in [0.5, 0.6) is 0 Å². The highest BCUT2D eigenvalue weighted by atomic mass is 16.2. The fourth-order valence-electron chi connectivity index (χ4n) is 3.74. The second kappa shape index (κ2) is 7.35. The standard InChI is InChI=1S/C22H20N6O/c29-22(19-7-3-5-17-4-1-2-6-18(17)19)27-14-12-26(13-15-27)20-8-9-21(25-24-20)28-11-10-23-16-28/h1-11,16H,12-15H2. The van der Waals surface area contributed by atoms with E-state index in [9.17, 15) is 4.79 Å². The van der Waals surface area contributed by atoms with E-state index in [0.717, 1.165) is 41.1 Å². The minimum atomic E-state index is 0.0861. The first kappa shape index (κ1) is 17.4. The predicted octanol–water partition coefficient (Wildman–Crippen LogP) is 2.78. The molecule has 0 aliphatic carbocycles. The molecule has 1 amide bonds. The monoisotopic (exact) mass is 384 g/mol. The number of anilines is 1. The van der Waals surface area contributed by atoms with E-state index in [2.05, 4.69) is 20.1 Å². The molecule has 7 heteroatoms. The first-order chi connectivity index (χ1) is 14.3. The van der Waals surface area contributed by atoms with Crippen LogP contribution in [0.25, 0.3) is 16.6 Å². The maximum Gasteiger partial charge on any atom is 0.254 e. The van der Waals surface area contributed by atoms with Crippen molar-refractivity contribution in [2.75, 3.05) is 31.1 Å². The molecule has 0 spiro atoms. The largest absolute Gasteiger partial charge is 0.352 e. The number of aromatic nitrogens is 4. The Balaban J connectivity index is 1.28. The van der Waals surface area contributed by atoms with Crippen molar-refractivity contribution in [3.8, 4) is 5.82 Å². The second-order valence-corrected chi connectivity index (χ2v) is 7.03. The molecule has 2 aromatic carbocycles. The molecular formula is C22H20N6O. The van der Waals surface area contributed by atoms with Crippen molar-refractivity contribution in [3.63, 3.8) is 0 Å². The molecule has 4 aromatic rings. The van der Waals surface area contributed by atoms with E-state index in [1.807, 2.05) is 70.3 Å². The lowest BCUT2D eigenvalue weighted by Crippen LogP contribution is -2.49. The Morgan fingerprint density at radius 1 is 0.828 bits per heavy atom. The summed E-state index contributed by atoms with van der Waals surface area (Å²) in [7, 11) is 0. The Morgan fingerprint density at radius 3 is 2.34 bits per heavy atom. The van der Waals surface area contributed by atoms with E-state index in [0.29, 0.717) is 13.1 Å². The van der Waals surface area contributed by atoms with E-state index in [1.54, 1.807) is 12.5 Å². The normalized spacial score (nSPS) is 14.3. The molecular weight excluding hydrogens is 364 g/mol. The molecule has 29 heavy (non-hydrogen) atoms. The van der Waals surface area contributed by atoms with Gasteiger partial charge < -0.3 is 9.80 Å². The van der Waals surface area contributed by atoms with Crippen LogP contribution in [0.1, 0.15) is 10.4 Å². The number of benzene rings is 2. The fourth-order valence-corrected chi connectivity index (χ4v) is 3.74. The van der Waals surface area contributed by atoms with Crippen LogP contribution in [-0.4, -0.2) is 56.7 Å². The molecule has 0 saturated carbocycles. The minimum absolute atomic E-state index is 0.0861. The summed E-state index contributed by atoms with van der Waals surface area (Å²) in [6, 6.07) is 17.8. The van der Waals surface area contributed by atoms with Gasteiger partial charge in [0.2, 0.25) is 0 Å².